The molecule has 1 amide bonds. The number of hydrogen-bond donors (Lipinski definition) is 2. The van der Waals surface area contributed by atoms with Gasteiger partial charge in [0, 0.05) is 25.4 Å². The van der Waals surface area contributed by atoms with Gasteiger partial charge < -0.3 is 19.7 Å². The molecule has 0 radical (unpaired) electrons. The molecule has 0 unspecified atom stereocenters. The molecule has 2 rings (SSSR count). The number of aliphatic hydroxyl groups is 1. The van der Waals surface area contributed by atoms with E-state index < -0.39 is 5.97 Å². The van der Waals surface area contributed by atoms with Crippen molar-refractivity contribution in [2.75, 3.05) is 13.2 Å². The minimum atomic E-state index is -1.03. The summed E-state index contributed by atoms with van der Waals surface area (Å²) >= 11 is 0. The third kappa shape index (κ3) is 3.19. The molecule has 0 spiro atoms. The zero-order valence-electron chi connectivity index (χ0n) is 11.4. The van der Waals surface area contributed by atoms with E-state index in [1.54, 1.807) is 17.2 Å². The number of carboxylic acid groups (broad SMARTS) is 1. The van der Waals surface area contributed by atoms with E-state index in [-0.39, 0.29) is 30.8 Å². The zero-order valence-corrected chi connectivity index (χ0v) is 11.4. The first-order valence-corrected chi connectivity index (χ1v) is 6.92. The van der Waals surface area contributed by atoms with Crippen molar-refractivity contribution in [3.8, 4) is 0 Å². The largest absolute Gasteiger partial charge is 0.477 e. The molecule has 0 atom stereocenters. The molecule has 1 aromatic heterocycles. The van der Waals surface area contributed by atoms with Crippen molar-refractivity contribution in [3.63, 3.8) is 0 Å². The summed E-state index contributed by atoms with van der Waals surface area (Å²) < 4.78 is 1.45. The second-order valence-electron chi connectivity index (χ2n) is 5.08. The minimum absolute atomic E-state index is 0.0383. The van der Waals surface area contributed by atoms with E-state index in [1.165, 1.54) is 10.6 Å². The Morgan fingerprint density at radius 1 is 1.40 bits per heavy atom. The number of carbonyl (C=O) groups excluding carboxylic acids is 1. The summed E-state index contributed by atoms with van der Waals surface area (Å²) in [5.41, 5.74) is 0.120. The van der Waals surface area contributed by atoms with Gasteiger partial charge in [0.25, 0.3) is 0 Å². The van der Waals surface area contributed by atoms with Crippen molar-refractivity contribution in [3.05, 3.63) is 24.0 Å². The van der Waals surface area contributed by atoms with E-state index in [1.807, 2.05) is 0 Å². The molecule has 0 aliphatic heterocycles. The number of carboxylic acids is 1. The van der Waals surface area contributed by atoms with Crippen molar-refractivity contribution in [1.29, 1.82) is 0 Å². The number of hydrogen-bond acceptors (Lipinski definition) is 3. The van der Waals surface area contributed by atoms with Gasteiger partial charge >= 0.3 is 5.97 Å². The van der Waals surface area contributed by atoms with Crippen molar-refractivity contribution >= 4 is 11.9 Å². The van der Waals surface area contributed by atoms with Crippen molar-refractivity contribution < 1.29 is 19.8 Å². The molecular weight excluding hydrogens is 260 g/mol. The van der Waals surface area contributed by atoms with E-state index >= 15 is 0 Å². The van der Waals surface area contributed by atoms with Crippen LogP contribution in [0.4, 0.5) is 0 Å². The maximum atomic E-state index is 12.4. The molecule has 6 nitrogen and oxygen atoms in total. The Bertz CT molecular complexity index is 479. The quantitative estimate of drug-likeness (QED) is 0.779. The number of aromatic nitrogens is 1. The molecular formula is C14H20N2O4. The molecule has 1 aliphatic carbocycles. The topological polar surface area (TPSA) is 82.8 Å². The Morgan fingerprint density at radius 3 is 2.70 bits per heavy atom. The van der Waals surface area contributed by atoms with Crippen LogP contribution in [-0.2, 0) is 11.3 Å². The van der Waals surface area contributed by atoms with Gasteiger partial charge in [-0.05, 0) is 37.8 Å². The summed E-state index contributed by atoms with van der Waals surface area (Å²) in [6, 6.07) is 3.35. The first kappa shape index (κ1) is 14.6. The summed E-state index contributed by atoms with van der Waals surface area (Å²) in [6.07, 6.45) is 5.27. The number of aromatic carboxylic acids is 1. The Morgan fingerprint density at radius 2 is 2.15 bits per heavy atom. The highest BCUT2D eigenvalue weighted by molar-refractivity contribution is 5.87. The number of rotatable bonds is 7. The Hall–Kier alpha value is -1.82. The van der Waals surface area contributed by atoms with E-state index in [0.29, 0.717) is 13.0 Å². The molecule has 110 valence electrons. The lowest BCUT2D eigenvalue weighted by Crippen LogP contribution is -2.46. The van der Waals surface area contributed by atoms with Crippen LogP contribution in [0.25, 0.3) is 0 Å². The number of amides is 1. The van der Waals surface area contributed by atoms with Crippen LogP contribution in [0, 0.1) is 0 Å². The van der Waals surface area contributed by atoms with Gasteiger partial charge in [-0.1, -0.05) is 0 Å². The van der Waals surface area contributed by atoms with E-state index in [9.17, 15) is 9.59 Å². The fraction of sp³-hybridized carbons (Fsp3) is 0.571. The highest BCUT2D eigenvalue weighted by atomic mass is 16.4. The molecule has 1 saturated carbocycles. The maximum absolute atomic E-state index is 12.4. The van der Waals surface area contributed by atoms with Crippen LogP contribution < -0.4 is 0 Å². The lowest BCUT2D eigenvalue weighted by Gasteiger charge is -2.37. The molecule has 20 heavy (non-hydrogen) atoms. The lowest BCUT2D eigenvalue weighted by molar-refractivity contribution is -0.136. The highest BCUT2D eigenvalue weighted by Crippen LogP contribution is 2.25. The summed E-state index contributed by atoms with van der Waals surface area (Å²) in [5, 5.41) is 18.0. The first-order chi connectivity index (χ1) is 9.63. The normalized spacial score (nSPS) is 14.8. The molecule has 0 aromatic carbocycles. The van der Waals surface area contributed by atoms with Gasteiger partial charge in [-0.25, -0.2) is 4.79 Å². The van der Waals surface area contributed by atoms with Gasteiger partial charge in [-0.2, -0.15) is 0 Å². The fourth-order valence-electron chi connectivity index (χ4n) is 2.43. The van der Waals surface area contributed by atoms with Gasteiger partial charge in [0.05, 0.1) is 0 Å². The standard InChI is InChI=1S/C14H20N2O4/c17-9-3-8-16(11-4-1-5-11)13(18)10-15-7-2-6-12(15)14(19)20/h2,6-7,11,17H,1,3-5,8-10H2,(H,19,20). The number of carbonyl (C=O) groups is 2. The molecule has 0 bridgehead atoms. The second kappa shape index (κ2) is 6.56. The van der Waals surface area contributed by atoms with Crippen LogP contribution in [0.15, 0.2) is 18.3 Å². The predicted octanol–water partition coefficient (Wildman–Crippen LogP) is 0.950. The first-order valence-electron chi connectivity index (χ1n) is 6.92. The number of nitrogens with zero attached hydrogens (tertiary/aromatic N) is 2. The smallest absolute Gasteiger partial charge is 0.352 e. The zero-order chi connectivity index (χ0) is 14.5. The summed E-state index contributed by atoms with van der Waals surface area (Å²) in [5.74, 6) is -1.12. The van der Waals surface area contributed by atoms with Gasteiger partial charge in [-0.3, -0.25) is 4.79 Å². The molecule has 1 aromatic rings. The van der Waals surface area contributed by atoms with Crippen LogP contribution in [0.5, 0.6) is 0 Å². The van der Waals surface area contributed by atoms with E-state index in [4.69, 9.17) is 10.2 Å². The SMILES string of the molecule is O=C(O)c1cccn1CC(=O)N(CCCO)C1CCC1. The average Bonchev–Trinajstić information content (AvgIpc) is 2.80. The number of aliphatic hydroxyl groups excluding tert-OH is 1. The second-order valence-corrected chi connectivity index (χ2v) is 5.08. The average molecular weight is 280 g/mol. The fourth-order valence-corrected chi connectivity index (χ4v) is 2.43. The van der Waals surface area contributed by atoms with E-state index in [0.717, 1.165) is 19.3 Å². The molecule has 0 saturated heterocycles. The van der Waals surface area contributed by atoms with Crippen LogP contribution in [0.2, 0.25) is 0 Å². The molecule has 1 aliphatic rings. The Labute approximate surface area is 117 Å². The van der Waals surface area contributed by atoms with Gasteiger partial charge in [0.1, 0.15) is 12.2 Å². The van der Waals surface area contributed by atoms with Gasteiger partial charge in [-0.15, -0.1) is 0 Å². The van der Waals surface area contributed by atoms with Crippen molar-refractivity contribution in [2.24, 2.45) is 0 Å². The monoisotopic (exact) mass is 280 g/mol. The van der Waals surface area contributed by atoms with Crippen LogP contribution in [0.3, 0.4) is 0 Å². The predicted molar refractivity (Wildman–Crippen MR) is 72.4 cm³/mol. The molecule has 2 N–H and O–H groups in total. The van der Waals surface area contributed by atoms with Crippen LogP contribution in [-0.4, -0.2) is 50.8 Å². The molecule has 1 heterocycles. The van der Waals surface area contributed by atoms with Gasteiger partial charge in [0.15, 0.2) is 0 Å². The van der Waals surface area contributed by atoms with Crippen LogP contribution in [0.1, 0.15) is 36.2 Å². The van der Waals surface area contributed by atoms with Crippen molar-refractivity contribution in [2.45, 2.75) is 38.3 Å². The lowest BCUT2D eigenvalue weighted by atomic mass is 9.91. The third-order valence-electron chi connectivity index (χ3n) is 3.75. The Balaban J connectivity index is 2.03. The van der Waals surface area contributed by atoms with E-state index in [2.05, 4.69) is 0 Å². The van der Waals surface area contributed by atoms with Crippen molar-refractivity contribution in [1.82, 2.24) is 9.47 Å². The maximum Gasteiger partial charge on any atom is 0.352 e. The highest BCUT2D eigenvalue weighted by Gasteiger charge is 2.28. The third-order valence-corrected chi connectivity index (χ3v) is 3.75. The van der Waals surface area contributed by atoms with Gasteiger partial charge in [0.2, 0.25) is 5.91 Å². The summed E-state index contributed by atoms with van der Waals surface area (Å²) in [7, 11) is 0. The summed E-state index contributed by atoms with van der Waals surface area (Å²) in [4.78, 5) is 25.2. The molecule has 1 fully saturated rings. The molecule has 6 heteroatoms. The van der Waals surface area contributed by atoms with Crippen LogP contribution >= 0.6 is 0 Å². The Kier molecular flexibility index (Phi) is 4.79. The minimum Gasteiger partial charge on any atom is -0.477 e. The summed E-state index contributed by atoms with van der Waals surface area (Å²) in [6.45, 7) is 0.626.